The van der Waals surface area contributed by atoms with E-state index in [4.69, 9.17) is 38.3 Å². The lowest BCUT2D eigenvalue weighted by Gasteiger charge is -2.35. The molecule has 30 heavy (non-hydrogen) atoms. The Morgan fingerprint density at radius 1 is 1.00 bits per heavy atom. The number of anilines is 2. The molecular formula is C22H25Cl2N5O. The van der Waals surface area contributed by atoms with E-state index in [9.17, 15) is 0 Å². The van der Waals surface area contributed by atoms with Crippen molar-refractivity contribution in [1.29, 1.82) is 0 Å². The highest BCUT2D eigenvalue weighted by atomic mass is 35.5. The normalized spacial score (nSPS) is 15.0. The number of piperazine rings is 1. The van der Waals surface area contributed by atoms with Crippen LogP contribution in [0.1, 0.15) is 12.0 Å². The van der Waals surface area contributed by atoms with Crippen molar-refractivity contribution in [3.8, 4) is 0 Å². The standard InChI is InChI=1S/C22H25Cl2N5O/c23-17-7-6-16(19(24)14-17)15-28-9-11-29(12-10-28)22-26-20-5-2-1-4-18(20)21(27-22)25-8-3-13-30/h1-2,4-7,14,30H,3,8-13,15H2,(H,25,26,27). The minimum atomic E-state index is 0.155. The smallest absolute Gasteiger partial charge is 0.227 e. The highest BCUT2D eigenvalue weighted by Gasteiger charge is 2.21. The zero-order valence-electron chi connectivity index (χ0n) is 16.7. The Bertz CT molecular complexity index is 1010. The van der Waals surface area contributed by atoms with Crippen LogP contribution in [0.15, 0.2) is 42.5 Å². The fourth-order valence-electron chi connectivity index (χ4n) is 3.62. The molecule has 1 aliphatic rings. The number of aromatic nitrogens is 2. The van der Waals surface area contributed by atoms with Crippen molar-refractivity contribution in [2.45, 2.75) is 13.0 Å². The maximum Gasteiger partial charge on any atom is 0.227 e. The van der Waals surface area contributed by atoms with Crippen molar-refractivity contribution in [3.05, 3.63) is 58.1 Å². The molecule has 2 aromatic carbocycles. The molecule has 0 saturated carbocycles. The summed E-state index contributed by atoms with van der Waals surface area (Å²) in [7, 11) is 0. The van der Waals surface area contributed by atoms with Crippen LogP contribution in [0.2, 0.25) is 10.0 Å². The molecule has 0 spiro atoms. The van der Waals surface area contributed by atoms with Crippen molar-refractivity contribution >= 4 is 45.9 Å². The Hall–Kier alpha value is -2.12. The van der Waals surface area contributed by atoms with E-state index in [0.717, 1.165) is 61.0 Å². The predicted molar refractivity (Wildman–Crippen MR) is 124 cm³/mol. The quantitative estimate of drug-likeness (QED) is 0.534. The minimum Gasteiger partial charge on any atom is -0.396 e. The Balaban J connectivity index is 1.46. The van der Waals surface area contributed by atoms with E-state index in [2.05, 4.69) is 15.1 Å². The molecule has 0 amide bonds. The maximum atomic E-state index is 9.08. The Labute approximate surface area is 186 Å². The summed E-state index contributed by atoms with van der Waals surface area (Å²) in [6.07, 6.45) is 0.680. The second-order valence-corrected chi connectivity index (χ2v) is 8.24. The van der Waals surface area contributed by atoms with Crippen LogP contribution in [0, 0.1) is 0 Å². The zero-order chi connectivity index (χ0) is 20.9. The van der Waals surface area contributed by atoms with Gasteiger partial charge in [0.05, 0.1) is 5.52 Å². The lowest BCUT2D eigenvalue weighted by molar-refractivity contribution is 0.249. The molecule has 2 N–H and O–H groups in total. The number of aliphatic hydroxyl groups excluding tert-OH is 1. The first-order chi connectivity index (χ1) is 14.6. The van der Waals surface area contributed by atoms with E-state index in [1.807, 2.05) is 36.4 Å². The number of benzene rings is 2. The van der Waals surface area contributed by atoms with Gasteiger partial charge in [0.1, 0.15) is 5.82 Å². The Kier molecular flexibility index (Phi) is 6.89. The van der Waals surface area contributed by atoms with Crippen LogP contribution < -0.4 is 10.2 Å². The van der Waals surface area contributed by atoms with Gasteiger partial charge in [-0.2, -0.15) is 4.98 Å². The molecule has 1 aromatic heterocycles. The van der Waals surface area contributed by atoms with Crippen molar-refractivity contribution < 1.29 is 5.11 Å². The van der Waals surface area contributed by atoms with Gasteiger partial charge in [0, 0.05) is 61.3 Å². The molecule has 0 atom stereocenters. The van der Waals surface area contributed by atoms with Crippen LogP contribution in [0.3, 0.4) is 0 Å². The second-order valence-electron chi connectivity index (χ2n) is 7.39. The number of nitrogens with one attached hydrogen (secondary N) is 1. The molecule has 0 radical (unpaired) electrons. The number of hydrogen-bond acceptors (Lipinski definition) is 6. The third-order valence-electron chi connectivity index (χ3n) is 5.28. The van der Waals surface area contributed by atoms with Gasteiger partial charge >= 0.3 is 0 Å². The van der Waals surface area contributed by atoms with Gasteiger partial charge in [0.2, 0.25) is 5.95 Å². The molecule has 1 aliphatic heterocycles. The molecule has 1 fully saturated rings. The zero-order valence-corrected chi connectivity index (χ0v) is 18.2. The van der Waals surface area contributed by atoms with Gasteiger partial charge in [-0.3, -0.25) is 4.90 Å². The van der Waals surface area contributed by atoms with Crippen LogP contribution in [0.25, 0.3) is 10.9 Å². The molecule has 6 nitrogen and oxygen atoms in total. The molecule has 4 rings (SSSR count). The van der Waals surface area contributed by atoms with E-state index in [0.29, 0.717) is 23.0 Å². The predicted octanol–water partition coefficient (Wildman–Crippen LogP) is 4.05. The Morgan fingerprint density at radius 3 is 2.57 bits per heavy atom. The fourth-order valence-corrected chi connectivity index (χ4v) is 4.09. The first-order valence-electron chi connectivity index (χ1n) is 10.2. The molecule has 0 bridgehead atoms. The van der Waals surface area contributed by atoms with E-state index >= 15 is 0 Å². The van der Waals surface area contributed by atoms with Gasteiger partial charge < -0.3 is 15.3 Å². The number of fused-ring (bicyclic) bond motifs is 1. The van der Waals surface area contributed by atoms with Crippen molar-refractivity contribution in [3.63, 3.8) is 0 Å². The third kappa shape index (κ3) is 4.95. The molecule has 158 valence electrons. The minimum absolute atomic E-state index is 0.155. The topological polar surface area (TPSA) is 64.5 Å². The first kappa shape index (κ1) is 21.1. The molecule has 0 aliphatic carbocycles. The van der Waals surface area contributed by atoms with E-state index in [1.54, 1.807) is 6.07 Å². The summed E-state index contributed by atoms with van der Waals surface area (Å²) in [5.74, 6) is 1.56. The molecule has 3 aromatic rings. The molecular weight excluding hydrogens is 421 g/mol. The van der Waals surface area contributed by atoms with Crippen LogP contribution in [0.5, 0.6) is 0 Å². The number of para-hydroxylation sites is 1. The van der Waals surface area contributed by atoms with Crippen molar-refractivity contribution in [2.24, 2.45) is 0 Å². The summed E-state index contributed by atoms with van der Waals surface area (Å²) < 4.78 is 0. The average Bonchev–Trinajstić information content (AvgIpc) is 2.76. The largest absolute Gasteiger partial charge is 0.396 e. The third-order valence-corrected chi connectivity index (χ3v) is 5.87. The summed E-state index contributed by atoms with van der Waals surface area (Å²) in [6, 6.07) is 13.7. The fraction of sp³-hybridized carbons (Fsp3) is 0.364. The van der Waals surface area contributed by atoms with E-state index < -0.39 is 0 Å². The summed E-state index contributed by atoms with van der Waals surface area (Å²) in [5.41, 5.74) is 2.01. The number of halogens is 2. The van der Waals surface area contributed by atoms with Crippen LogP contribution >= 0.6 is 23.2 Å². The SMILES string of the molecule is OCCCNc1nc(N2CCN(Cc3ccc(Cl)cc3Cl)CC2)nc2ccccc12. The number of hydrogen-bond donors (Lipinski definition) is 2. The molecule has 1 saturated heterocycles. The number of aliphatic hydroxyl groups is 1. The Morgan fingerprint density at radius 2 is 1.80 bits per heavy atom. The molecule has 0 unspecified atom stereocenters. The number of rotatable bonds is 7. The average molecular weight is 446 g/mol. The maximum absolute atomic E-state index is 9.08. The van der Waals surface area contributed by atoms with Gasteiger partial charge in [0.25, 0.3) is 0 Å². The summed E-state index contributed by atoms with van der Waals surface area (Å²) in [6.45, 7) is 5.13. The van der Waals surface area contributed by atoms with E-state index in [1.165, 1.54) is 0 Å². The van der Waals surface area contributed by atoms with Crippen LogP contribution in [-0.2, 0) is 6.54 Å². The molecule has 2 heterocycles. The highest BCUT2D eigenvalue weighted by molar-refractivity contribution is 6.35. The van der Waals surface area contributed by atoms with E-state index in [-0.39, 0.29) is 6.61 Å². The van der Waals surface area contributed by atoms with Gasteiger partial charge in [-0.1, -0.05) is 41.4 Å². The summed E-state index contributed by atoms with van der Waals surface area (Å²) in [4.78, 5) is 14.2. The van der Waals surface area contributed by atoms with Gasteiger partial charge in [-0.05, 0) is 36.2 Å². The lowest BCUT2D eigenvalue weighted by Crippen LogP contribution is -2.46. The van der Waals surface area contributed by atoms with Gasteiger partial charge in [-0.15, -0.1) is 0 Å². The highest BCUT2D eigenvalue weighted by Crippen LogP contribution is 2.25. The first-order valence-corrected chi connectivity index (χ1v) is 10.9. The second kappa shape index (κ2) is 9.79. The monoisotopic (exact) mass is 445 g/mol. The summed E-state index contributed by atoms with van der Waals surface area (Å²) in [5, 5.41) is 14.8. The summed E-state index contributed by atoms with van der Waals surface area (Å²) >= 11 is 12.3. The van der Waals surface area contributed by atoms with Gasteiger partial charge in [0.15, 0.2) is 0 Å². The lowest BCUT2D eigenvalue weighted by atomic mass is 10.2. The van der Waals surface area contributed by atoms with Crippen LogP contribution in [0.4, 0.5) is 11.8 Å². The van der Waals surface area contributed by atoms with Crippen LogP contribution in [-0.4, -0.2) is 59.3 Å². The van der Waals surface area contributed by atoms with Gasteiger partial charge in [-0.25, -0.2) is 4.98 Å². The number of nitrogens with zero attached hydrogens (tertiary/aromatic N) is 4. The van der Waals surface area contributed by atoms with Crippen molar-refractivity contribution in [2.75, 3.05) is 49.5 Å². The van der Waals surface area contributed by atoms with Crippen molar-refractivity contribution in [1.82, 2.24) is 14.9 Å². The molecule has 8 heteroatoms.